The standard InChI is InChI=1S/C7H8N2O2/c1-2-3-5-7(11)8-4-6(10)9-5/h1,5H,3-4H2,(H,8,11)(H,9,10). The van der Waals surface area contributed by atoms with E-state index in [2.05, 4.69) is 16.6 Å². The second-order valence-electron chi connectivity index (χ2n) is 2.25. The Balaban J connectivity index is 2.55. The maximum absolute atomic E-state index is 10.9. The number of amides is 2. The molecule has 4 heteroatoms. The van der Waals surface area contributed by atoms with Crippen molar-refractivity contribution in [1.29, 1.82) is 0 Å². The van der Waals surface area contributed by atoms with Crippen LogP contribution in [0.15, 0.2) is 0 Å². The highest BCUT2D eigenvalue weighted by Gasteiger charge is 2.24. The lowest BCUT2D eigenvalue weighted by molar-refractivity contribution is -0.133. The van der Waals surface area contributed by atoms with Gasteiger partial charge in [0, 0.05) is 6.42 Å². The van der Waals surface area contributed by atoms with E-state index in [-0.39, 0.29) is 24.8 Å². The molecule has 1 unspecified atom stereocenters. The molecule has 1 atom stereocenters. The maximum atomic E-state index is 10.9. The molecule has 1 heterocycles. The lowest BCUT2D eigenvalue weighted by Gasteiger charge is -2.20. The molecule has 58 valence electrons. The van der Waals surface area contributed by atoms with E-state index in [0.717, 1.165) is 0 Å². The molecule has 1 aliphatic heterocycles. The molecule has 0 aromatic heterocycles. The normalized spacial score (nSPS) is 23.4. The van der Waals surface area contributed by atoms with E-state index in [4.69, 9.17) is 6.42 Å². The van der Waals surface area contributed by atoms with E-state index in [1.165, 1.54) is 0 Å². The van der Waals surface area contributed by atoms with Crippen LogP contribution in [0.25, 0.3) is 0 Å². The lowest BCUT2D eigenvalue weighted by Crippen LogP contribution is -2.55. The van der Waals surface area contributed by atoms with Gasteiger partial charge in [0.25, 0.3) is 0 Å². The van der Waals surface area contributed by atoms with Gasteiger partial charge in [-0.25, -0.2) is 0 Å². The van der Waals surface area contributed by atoms with Gasteiger partial charge in [-0.05, 0) is 0 Å². The molecular formula is C7H8N2O2. The number of piperazine rings is 1. The molecule has 0 aromatic carbocycles. The van der Waals surface area contributed by atoms with Gasteiger partial charge in [-0.1, -0.05) is 0 Å². The molecule has 0 aromatic rings. The summed E-state index contributed by atoms with van der Waals surface area (Å²) in [5.74, 6) is 1.92. The smallest absolute Gasteiger partial charge is 0.244 e. The van der Waals surface area contributed by atoms with E-state index >= 15 is 0 Å². The number of carbonyl (C=O) groups excluding carboxylic acids is 2. The minimum Gasteiger partial charge on any atom is -0.345 e. The molecule has 1 saturated heterocycles. The molecule has 2 amide bonds. The first-order chi connectivity index (χ1) is 5.24. The molecular weight excluding hydrogens is 144 g/mol. The Kier molecular flexibility index (Phi) is 2.12. The quantitative estimate of drug-likeness (QED) is 0.455. The van der Waals surface area contributed by atoms with Crippen LogP contribution in [-0.4, -0.2) is 24.4 Å². The zero-order valence-electron chi connectivity index (χ0n) is 5.89. The molecule has 0 bridgehead atoms. The van der Waals surface area contributed by atoms with Crippen LogP contribution in [0.2, 0.25) is 0 Å². The Morgan fingerprint density at radius 3 is 3.00 bits per heavy atom. The second-order valence-corrected chi connectivity index (χ2v) is 2.25. The summed E-state index contributed by atoms with van der Waals surface area (Å²) in [4.78, 5) is 21.6. The third-order valence-electron chi connectivity index (χ3n) is 1.40. The van der Waals surface area contributed by atoms with Crippen molar-refractivity contribution in [3.8, 4) is 12.3 Å². The molecule has 4 nitrogen and oxygen atoms in total. The summed E-state index contributed by atoms with van der Waals surface area (Å²) in [5.41, 5.74) is 0. The highest BCUT2D eigenvalue weighted by atomic mass is 16.2. The van der Waals surface area contributed by atoms with E-state index in [0.29, 0.717) is 0 Å². The predicted octanol–water partition coefficient (Wildman–Crippen LogP) is -1.38. The van der Waals surface area contributed by atoms with Crippen molar-refractivity contribution in [3.05, 3.63) is 0 Å². The van der Waals surface area contributed by atoms with Crippen molar-refractivity contribution >= 4 is 11.8 Å². The fourth-order valence-electron chi connectivity index (χ4n) is 0.863. The third-order valence-corrected chi connectivity index (χ3v) is 1.40. The first-order valence-corrected chi connectivity index (χ1v) is 3.24. The molecule has 0 spiro atoms. The predicted molar refractivity (Wildman–Crippen MR) is 38.4 cm³/mol. The van der Waals surface area contributed by atoms with Crippen LogP contribution in [0.5, 0.6) is 0 Å². The Bertz CT molecular complexity index is 229. The van der Waals surface area contributed by atoms with Gasteiger partial charge in [0.05, 0.1) is 6.54 Å². The summed E-state index contributed by atoms with van der Waals surface area (Å²) in [7, 11) is 0. The molecule has 1 aliphatic rings. The van der Waals surface area contributed by atoms with Crippen molar-refractivity contribution in [2.24, 2.45) is 0 Å². The van der Waals surface area contributed by atoms with Crippen LogP contribution in [-0.2, 0) is 9.59 Å². The molecule has 1 fully saturated rings. The van der Waals surface area contributed by atoms with Crippen LogP contribution < -0.4 is 10.6 Å². The van der Waals surface area contributed by atoms with Crippen molar-refractivity contribution < 1.29 is 9.59 Å². The maximum Gasteiger partial charge on any atom is 0.244 e. The van der Waals surface area contributed by atoms with Gasteiger partial charge in [0.2, 0.25) is 11.8 Å². The lowest BCUT2D eigenvalue weighted by atomic mass is 10.1. The Morgan fingerprint density at radius 1 is 1.64 bits per heavy atom. The van der Waals surface area contributed by atoms with Crippen molar-refractivity contribution in [1.82, 2.24) is 10.6 Å². The van der Waals surface area contributed by atoms with Gasteiger partial charge in [-0.2, -0.15) is 0 Å². The number of hydrogen-bond donors (Lipinski definition) is 2. The van der Waals surface area contributed by atoms with Gasteiger partial charge in [-0.15, -0.1) is 12.3 Å². The summed E-state index contributed by atoms with van der Waals surface area (Å²) in [5, 5.41) is 4.89. The Hall–Kier alpha value is -1.50. The zero-order valence-corrected chi connectivity index (χ0v) is 5.89. The van der Waals surface area contributed by atoms with E-state index in [9.17, 15) is 9.59 Å². The van der Waals surface area contributed by atoms with Crippen molar-refractivity contribution in [2.45, 2.75) is 12.5 Å². The van der Waals surface area contributed by atoms with Crippen molar-refractivity contribution in [2.75, 3.05) is 6.54 Å². The summed E-state index contributed by atoms with van der Waals surface area (Å²) < 4.78 is 0. The molecule has 0 saturated carbocycles. The first-order valence-electron chi connectivity index (χ1n) is 3.24. The number of rotatable bonds is 1. The number of nitrogens with one attached hydrogen (secondary N) is 2. The topological polar surface area (TPSA) is 58.2 Å². The SMILES string of the molecule is C#CCC1NC(=O)CNC1=O. The molecule has 2 N–H and O–H groups in total. The highest BCUT2D eigenvalue weighted by molar-refractivity contribution is 5.94. The second kappa shape index (κ2) is 3.06. The minimum absolute atomic E-state index is 0.0555. The zero-order chi connectivity index (χ0) is 8.27. The summed E-state index contributed by atoms with van der Waals surface area (Å²) in [6.07, 6.45) is 5.23. The van der Waals surface area contributed by atoms with Gasteiger partial charge >= 0.3 is 0 Å². The van der Waals surface area contributed by atoms with Crippen LogP contribution in [0.1, 0.15) is 6.42 Å². The third kappa shape index (κ3) is 1.71. The van der Waals surface area contributed by atoms with Crippen LogP contribution >= 0.6 is 0 Å². The molecule has 11 heavy (non-hydrogen) atoms. The molecule has 1 rings (SSSR count). The first kappa shape index (κ1) is 7.61. The molecule has 0 radical (unpaired) electrons. The van der Waals surface area contributed by atoms with E-state index in [1.807, 2.05) is 0 Å². The largest absolute Gasteiger partial charge is 0.345 e. The van der Waals surface area contributed by atoms with E-state index in [1.54, 1.807) is 0 Å². The fourth-order valence-corrected chi connectivity index (χ4v) is 0.863. The average Bonchev–Trinajstić information content (AvgIpc) is 1.98. The fraction of sp³-hybridized carbons (Fsp3) is 0.429. The Morgan fingerprint density at radius 2 is 2.36 bits per heavy atom. The number of carbonyl (C=O) groups is 2. The van der Waals surface area contributed by atoms with Gasteiger partial charge in [0.15, 0.2) is 0 Å². The van der Waals surface area contributed by atoms with E-state index < -0.39 is 6.04 Å². The monoisotopic (exact) mass is 152 g/mol. The summed E-state index contributed by atoms with van der Waals surface area (Å²) in [6.45, 7) is 0.0555. The minimum atomic E-state index is -0.541. The number of hydrogen-bond acceptors (Lipinski definition) is 2. The van der Waals surface area contributed by atoms with Crippen molar-refractivity contribution in [3.63, 3.8) is 0 Å². The van der Waals surface area contributed by atoms with Crippen LogP contribution in [0.4, 0.5) is 0 Å². The number of terminal acetylenes is 1. The van der Waals surface area contributed by atoms with Crippen LogP contribution in [0.3, 0.4) is 0 Å². The summed E-state index contributed by atoms with van der Waals surface area (Å²) >= 11 is 0. The van der Waals surface area contributed by atoms with Gasteiger partial charge in [-0.3, -0.25) is 9.59 Å². The average molecular weight is 152 g/mol. The highest BCUT2D eigenvalue weighted by Crippen LogP contribution is 1.94. The molecule has 0 aliphatic carbocycles. The van der Waals surface area contributed by atoms with Gasteiger partial charge in [0.1, 0.15) is 6.04 Å². The Labute approximate surface area is 64.3 Å². The van der Waals surface area contributed by atoms with Crippen LogP contribution in [0, 0.1) is 12.3 Å². The van der Waals surface area contributed by atoms with Gasteiger partial charge < -0.3 is 10.6 Å². The summed E-state index contributed by atoms with van der Waals surface area (Å²) in [6, 6.07) is -0.541.